The van der Waals surface area contributed by atoms with Crippen molar-refractivity contribution in [2.24, 2.45) is 7.05 Å². The molecule has 4 heteroatoms. The third-order valence-electron chi connectivity index (χ3n) is 1.27. The first-order chi connectivity index (χ1) is 5.11. The van der Waals surface area contributed by atoms with Crippen molar-refractivity contribution >= 4 is 16.8 Å². The molecule has 1 aromatic rings. The lowest BCUT2D eigenvalue weighted by atomic mass is 10.3. The molecule has 1 rings (SSSR count). The number of carbonyl (C=O) groups is 1. The Labute approximate surface area is 68.2 Å². The van der Waals surface area contributed by atoms with E-state index in [0.717, 1.165) is 0 Å². The monoisotopic (exact) mass is 171 g/mol. The fourth-order valence-electron chi connectivity index (χ4n) is 0.733. The van der Waals surface area contributed by atoms with E-state index < -0.39 is 5.24 Å². The van der Waals surface area contributed by atoms with Gasteiger partial charge in [0.1, 0.15) is 0 Å². The number of pyridine rings is 1. The van der Waals surface area contributed by atoms with Gasteiger partial charge in [-0.05, 0) is 11.6 Å². The minimum Gasteiger partial charge on any atom is -0.356 e. The van der Waals surface area contributed by atoms with Crippen molar-refractivity contribution in [3.8, 4) is 0 Å². The van der Waals surface area contributed by atoms with E-state index in [1.807, 2.05) is 0 Å². The molecule has 0 saturated heterocycles. The minimum atomic E-state index is -0.716. The first-order valence-electron chi connectivity index (χ1n) is 2.97. The van der Waals surface area contributed by atoms with Gasteiger partial charge < -0.3 is 4.57 Å². The van der Waals surface area contributed by atoms with Crippen LogP contribution < -0.4 is 5.43 Å². The van der Waals surface area contributed by atoms with Gasteiger partial charge in [0.05, 0.1) is 5.56 Å². The van der Waals surface area contributed by atoms with Gasteiger partial charge in [-0.25, -0.2) is 0 Å². The van der Waals surface area contributed by atoms with Crippen molar-refractivity contribution in [2.45, 2.75) is 0 Å². The van der Waals surface area contributed by atoms with Crippen LogP contribution in [-0.4, -0.2) is 9.81 Å². The third-order valence-corrected chi connectivity index (χ3v) is 1.47. The number of carbonyl (C=O) groups excluding carboxylic acids is 1. The van der Waals surface area contributed by atoms with Crippen molar-refractivity contribution in [2.75, 3.05) is 0 Å². The summed E-state index contributed by atoms with van der Waals surface area (Å²) >= 11 is 5.13. The Morgan fingerprint density at radius 1 is 1.64 bits per heavy atom. The Balaban J connectivity index is 3.35. The summed E-state index contributed by atoms with van der Waals surface area (Å²) in [7, 11) is 1.71. The van der Waals surface area contributed by atoms with Crippen molar-refractivity contribution in [1.29, 1.82) is 0 Å². The van der Waals surface area contributed by atoms with Gasteiger partial charge in [0, 0.05) is 25.5 Å². The highest BCUT2D eigenvalue weighted by molar-refractivity contribution is 6.67. The Hall–Kier alpha value is -1.09. The highest BCUT2D eigenvalue weighted by Crippen LogP contribution is 1.95. The van der Waals surface area contributed by atoms with E-state index in [2.05, 4.69) is 0 Å². The van der Waals surface area contributed by atoms with Gasteiger partial charge in [0.2, 0.25) is 0 Å². The van der Waals surface area contributed by atoms with Crippen LogP contribution in [-0.2, 0) is 7.05 Å². The summed E-state index contributed by atoms with van der Waals surface area (Å²) in [5.41, 5.74) is -0.334. The number of rotatable bonds is 1. The predicted octanol–water partition coefficient (Wildman–Crippen LogP) is 0.764. The van der Waals surface area contributed by atoms with E-state index in [1.54, 1.807) is 17.8 Å². The Kier molecular flexibility index (Phi) is 2.10. The normalized spacial score (nSPS) is 9.64. The molecular weight excluding hydrogens is 166 g/mol. The molecule has 0 fully saturated rings. The highest BCUT2D eigenvalue weighted by atomic mass is 35.5. The molecule has 1 aromatic heterocycles. The third kappa shape index (κ3) is 1.68. The Bertz CT molecular complexity index is 343. The maximum absolute atomic E-state index is 10.9. The van der Waals surface area contributed by atoms with Crippen LogP contribution in [0.2, 0.25) is 0 Å². The van der Waals surface area contributed by atoms with Gasteiger partial charge >= 0.3 is 0 Å². The highest BCUT2D eigenvalue weighted by Gasteiger charge is 2.05. The van der Waals surface area contributed by atoms with Crippen LogP contribution in [0, 0.1) is 0 Å². The van der Waals surface area contributed by atoms with Gasteiger partial charge in [0.25, 0.3) is 5.24 Å². The van der Waals surface area contributed by atoms with Gasteiger partial charge in [-0.2, -0.15) is 0 Å². The maximum atomic E-state index is 10.9. The quantitative estimate of drug-likeness (QED) is 0.586. The second kappa shape index (κ2) is 2.88. The maximum Gasteiger partial charge on any atom is 0.257 e. The molecule has 0 aliphatic rings. The molecule has 0 amide bonds. The summed E-state index contributed by atoms with van der Waals surface area (Å²) in [5, 5.41) is -0.716. The van der Waals surface area contributed by atoms with Gasteiger partial charge in [0.15, 0.2) is 5.43 Å². The predicted molar refractivity (Wildman–Crippen MR) is 41.9 cm³/mol. The lowest BCUT2D eigenvalue weighted by molar-refractivity contribution is 0.108. The second-order valence-corrected chi connectivity index (χ2v) is 2.51. The lowest BCUT2D eigenvalue weighted by Crippen LogP contribution is -2.12. The van der Waals surface area contributed by atoms with Gasteiger partial charge in [-0.15, -0.1) is 0 Å². The molecule has 0 radical (unpaired) electrons. The van der Waals surface area contributed by atoms with E-state index in [1.165, 1.54) is 12.3 Å². The lowest BCUT2D eigenvalue weighted by Gasteiger charge is -1.96. The summed E-state index contributed by atoms with van der Waals surface area (Å²) in [6.07, 6.45) is 2.96. The van der Waals surface area contributed by atoms with E-state index in [9.17, 15) is 9.59 Å². The molecule has 11 heavy (non-hydrogen) atoms. The molecule has 0 atom stereocenters. The van der Waals surface area contributed by atoms with Crippen LogP contribution in [0.15, 0.2) is 23.3 Å². The van der Waals surface area contributed by atoms with Crippen LogP contribution >= 0.6 is 11.6 Å². The van der Waals surface area contributed by atoms with Crippen LogP contribution in [0.25, 0.3) is 0 Å². The summed E-state index contributed by atoms with van der Waals surface area (Å²) in [4.78, 5) is 21.5. The van der Waals surface area contributed by atoms with E-state index >= 15 is 0 Å². The molecule has 58 valence electrons. The van der Waals surface area contributed by atoms with Gasteiger partial charge in [-0.1, -0.05) is 0 Å². The molecule has 0 aliphatic heterocycles. The van der Waals surface area contributed by atoms with E-state index in [0.29, 0.717) is 0 Å². The summed E-state index contributed by atoms with van der Waals surface area (Å²) in [6.45, 7) is 0. The topological polar surface area (TPSA) is 39.1 Å². The molecule has 0 spiro atoms. The molecule has 3 nitrogen and oxygen atoms in total. The zero-order valence-corrected chi connectivity index (χ0v) is 6.63. The van der Waals surface area contributed by atoms with Crippen molar-refractivity contribution in [3.05, 3.63) is 34.2 Å². The van der Waals surface area contributed by atoms with Gasteiger partial charge in [-0.3, -0.25) is 9.59 Å². The number of hydrogen-bond acceptors (Lipinski definition) is 2. The van der Waals surface area contributed by atoms with Crippen LogP contribution in [0.4, 0.5) is 0 Å². The van der Waals surface area contributed by atoms with Crippen LogP contribution in [0.3, 0.4) is 0 Å². The largest absolute Gasteiger partial charge is 0.356 e. The summed E-state index contributed by atoms with van der Waals surface area (Å²) in [6, 6.07) is 1.30. The molecule has 0 aliphatic carbocycles. The number of aromatic nitrogens is 1. The molecule has 0 saturated carbocycles. The number of aryl methyl sites for hydroxylation is 1. The molecule has 0 unspecified atom stereocenters. The van der Waals surface area contributed by atoms with Crippen LogP contribution in [0.5, 0.6) is 0 Å². The molecular formula is C7H6ClNO2. The molecule has 1 heterocycles. The molecule has 0 aromatic carbocycles. The molecule has 0 N–H and O–H groups in total. The van der Waals surface area contributed by atoms with E-state index in [-0.39, 0.29) is 11.0 Å². The van der Waals surface area contributed by atoms with E-state index in [4.69, 9.17) is 11.6 Å². The summed E-state index contributed by atoms with van der Waals surface area (Å²) in [5.74, 6) is 0. The second-order valence-electron chi connectivity index (χ2n) is 2.16. The number of hydrogen-bond donors (Lipinski definition) is 0. The van der Waals surface area contributed by atoms with Crippen molar-refractivity contribution < 1.29 is 4.79 Å². The zero-order valence-electron chi connectivity index (χ0n) is 5.87. The first-order valence-corrected chi connectivity index (χ1v) is 3.35. The SMILES string of the molecule is Cn1ccc(=O)c(C(=O)Cl)c1. The average Bonchev–Trinajstić information content (AvgIpc) is 1.94. The van der Waals surface area contributed by atoms with Crippen molar-refractivity contribution in [3.63, 3.8) is 0 Å². The minimum absolute atomic E-state index is 0.0108. The zero-order chi connectivity index (χ0) is 8.43. The standard InChI is InChI=1S/C7H6ClNO2/c1-9-3-2-6(10)5(4-9)7(8)11/h2-4H,1H3. The average molecular weight is 172 g/mol. The van der Waals surface area contributed by atoms with Crippen LogP contribution in [0.1, 0.15) is 10.4 Å². The fraction of sp³-hybridized carbons (Fsp3) is 0.143. The van der Waals surface area contributed by atoms with Crippen molar-refractivity contribution in [1.82, 2.24) is 4.57 Å². The Morgan fingerprint density at radius 2 is 2.27 bits per heavy atom. The number of nitrogens with zero attached hydrogens (tertiary/aromatic N) is 1. The molecule has 0 bridgehead atoms. The number of halogens is 1. The Morgan fingerprint density at radius 3 is 2.73 bits per heavy atom. The first kappa shape index (κ1) is 8.01. The smallest absolute Gasteiger partial charge is 0.257 e. The fourth-order valence-corrected chi connectivity index (χ4v) is 0.875. The summed E-state index contributed by atoms with van der Waals surface area (Å²) < 4.78 is 1.59.